The number of nitrogens with one attached hydrogen (secondary N) is 2. The molecule has 4 aromatic rings. The zero-order valence-corrected chi connectivity index (χ0v) is 16.2. The molecule has 1 fully saturated rings. The monoisotopic (exact) mass is 386 g/mol. The number of fused-ring (bicyclic) bond motifs is 1. The van der Waals surface area contributed by atoms with Crippen molar-refractivity contribution in [1.82, 2.24) is 24.8 Å². The third kappa shape index (κ3) is 3.70. The molecule has 0 bridgehead atoms. The molecule has 2 N–H and O–H groups in total. The summed E-state index contributed by atoms with van der Waals surface area (Å²) in [5, 5.41) is 6.64. The number of aryl methyl sites for hydroxylation is 1. The maximum absolute atomic E-state index is 5.80. The molecule has 1 aliphatic heterocycles. The SMILES string of the molecule is Cn1cnc2cc(-c3ccnc(Nc4ccc(C5CNCCO5)cc4)n3)ccc21. The quantitative estimate of drug-likeness (QED) is 0.560. The van der Waals surface area contributed by atoms with Crippen molar-refractivity contribution in [2.24, 2.45) is 7.05 Å². The lowest BCUT2D eigenvalue weighted by Crippen LogP contribution is -2.33. The average Bonchev–Trinajstić information content (AvgIpc) is 3.15. The van der Waals surface area contributed by atoms with E-state index >= 15 is 0 Å². The number of hydrogen-bond donors (Lipinski definition) is 2. The Morgan fingerprint density at radius 1 is 1.10 bits per heavy atom. The van der Waals surface area contributed by atoms with Crippen LogP contribution in [0.3, 0.4) is 0 Å². The summed E-state index contributed by atoms with van der Waals surface area (Å²) in [5.41, 5.74) is 6.02. The molecule has 1 aliphatic rings. The fourth-order valence-electron chi connectivity index (χ4n) is 3.56. The zero-order chi connectivity index (χ0) is 19.6. The molecule has 1 saturated heterocycles. The van der Waals surface area contributed by atoms with Crippen LogP contribution in [-0.4, -0.2) is 39.2 Å². The number of imidazole rings is 1. The summed E-state index contributed by atoms with van der Waals surface area (Å²) in [6.45, 7) is 2.51. The van der Waals surface area contributed by atoms with Gasteiger partial charge in [0.15, 0.2) is 0 Å². The standard InChI is InChI=1S/C22H22N6O/c1-28-14-25-19-12-16(4-7-20(19)28)18-8-9-24-22(27-18)26-17-5-2-15(3-6-17)21-13-23-10-11-29-21/h2-9,12,14,21,23H,10-11,13H2,1H3,(H,24,26,27). The van der Waals surface area contributed by atoms with Crippen molar-refractivity contribution < 1.29 is 4.74 Å². The van der Waals surface area contributed by atoms with E-state index in [4.69, 9.17) is 4.74 Å². The highest BCUT2D eigenvalue weighted by Gasteiger charge is 2.15. The van der Waals surface area contributed by atoms with Gasteiger partial charge in [0.25, 0.3) is 0 Å². The summed E-state index contributed by atoms with van der Waals surface area (Å²) in [6.07, 6.45) is 3.70. The topological polar surface area (TPSA) is 76.9 Å². The van der Waals surface area contributed by atoms with Crippen LogP contribution in [0.5, 0.6) is 0 Å². The van der Waals surface area contributed by atoms with Crippen LogP contribution in [0, 0.1) is 0 Å². The molecule has 7 heteroatoms. The van der Waals surface area contributed by atoms with Crippen LogP contribution >= 0.6 is 0 Å². The van der Waals surface area contributed by atoms with Crippen LogP contribution in [0.4, 0.5) is 11.6 Å². The summed E-state index contributed by atoms with van der Waals surface area (Å²) >= 11 is 0. The summed E-state index contributed by atoms with van der Waals surface area (Å²) in [6, 6.07) is 16.3. The Bertz CT molecular complexity index is 1130. The van der Waals surface area contributed by atoms with Crippen LogP contribution in [0.2, 0.25) is 0 Å². The number of anilines is 2. The summed E-state index contributed by atoms with van der Waals surface area (Å²) in [4.78, 5) is 13.5. The van der Waals surface area contributed by atoms with E-state index in [-0.39, 0.29) is 6.10 Å². The molecule has 7 nitrogen and oxygen atoms in total. The lowest BCUT2D eigenvalue weighted by atomic mass is 10.1. The van der Waals surface area contributed by atoms with E-state index in [0.717, 1.165) is 47.7 Å². The number of hydrogen-bond acceptors (Lipinski definition) is 6. The van der Waals surface area contributed by atoms with Gasteiger partial charge in [-0.2, -0.15) is 0 Å². The van der Waals surface area contributed by atoms with Gasteiger partial charge >= 0.3 is 0 Å². The van der Waals surface area contributed by atoms with E-state index in [1.807, 2.05) is 36.1 Å². The van der Waals surface area contributed by atoms with Crippen LogP contribution in [-0.2, 0) is 11.8 Å². The first-order chi connectivity index (χ1) is 14.3. The minimum Gasteiger partial charge on any atom is -0.371 e. The largest absolute Gasteiger partial charge is 0.371 e. The maximum Gasteiger partial charge on any atom is 0.227 e. The number of benzene rings is 2. The van der Waals surface area contributed by atoms with Gasteiger partial charge in [-0.1, -0.05) is 18.2 Å². The molecule has 0 aliphatic carbocycles. The van der Waals surface area contributed by atoms with Gasteiger partial charge < -0.3 is 19.9 Å². The van der Waals surface area contributed by atoms with E-state index in [2.05, 4.69) is 55.9 Å². The van der Waals surface area contributed by atoms with E-state index in [1.165, 1.54) is 5.56 Å². The van der Waals surface area contributed by atoms with Crippen molar-refractivity contribution in [2.75, 3.05) is 25.0 Å². The van der Waals surface area contributed by atoms with Crippen molar-refractivity contribution >= 4 is 22.7 Å². The van der Waals surface area contributed by atoms with Gasteiger partial charge in [0.05, 0.1) is 35.8 Å². The molecule has 5 rings (SSSR count). The molecular weight excluding hydrogens is 364 g/mol. The average molecular weight is 386 g/mol. The van der Waals surface area contributed by atoms with Gasteiger partial charge in [0.2, 0.25) is 5.95 Å². The summed E-state index contributed by atoms with van der Waals surface area (Å²) < 4.78 is 7.81. The predicted octanol–water partition coefficient (Wildman–Crippen LogP) is 3.43. The minimum absolute atomic E-state index is 0.110. The summed E-state index contributed by atoms with van der Waals surface area (Å²) in [5.74, 6) is 0.562. The van der Waals surface area contributed by atoms with Crippen molar-refractivity contribution in [1.29, 1.82) is 0 Å². The zero-order valence-electron chi connectivity index (χ0n) is 16.2. The Labute approximate surface area is 168 Å². The second-order valence-electron chi connectivity index (χ2n) is 7.14. The molecular formula is C22H22N6O. The molecule has 29 heavy (non-hydrogen) atoms. The van der Waals surface area contributed by atoms with Gasteiger partial charge in [-0.3, -0.25) is 0 Å². The van der Waals surface area contributed by atoms with Gasteiger partial charge in [0.1, 0.15) is 0 Å². The molecule has 0 saturated carbocycles. The number of morpholine rings is 1. The molecule has 0 radical (unpaired) electrons. The number of nitrogens with zero attached hydrogens (tertiary/aromatic N) is 4. The van der Waals surface area contributed by atoms with E-state index in [1.54, 1.807) is 6.20 Å². The number of ether oxygens (including phenoxy) is 1. The Morgan fingerprint density at radius 3 is 2.83 bits per heavy atom. The fourth-order valence-corrected chi connectivity index (χ4v) is 3.56. The number of rotatable bonds is 4. The smallest absolute Gasteiger partial charge is 0.227 e. The Hall–Kier alpha value is -3.29. The van der Waals surface area contributed by atoms with Crippen molar-refractivity contribution in [3.63, 3.8) is 0 Å². The van der Waals surface area contributed by atoms with Gasteiger partial charge in [0, 0.05) is 37.6 Å². The molecule has 0 spiro atoms. The fraction of sp³-hybridized carbons (Fsp3) is 0.227. The van der Waals surface area contributed by atoms with Gasteiger partial charge in [-0.15, -0.1) is 0 Å². The molecule has 2 aromatic heterocycles. The molecule has 2 aromatic carbocycles. The van der Waals surface area contributed by atoms with E-state index in [9.17, 15) is 0 Å². The third-order valence-corrected chi connectivity index (χ3v) is 5.14. The number of aromatic nitrogens is 4. The van der Waals surface area contributed by atoms with E-state index < -0.39 is 0 Å². The first kappa shape index (κ1) is 17.8. The van der Waals surface area contributed by atoms with Crippen LogP contribution in [0.1, 0.15) is 11.7 Å². The first-order valence-corrected chi connectivity index (χ1v) is 9.70. The van der Waals surface area contributed by atoms with E-state index in [0.29, 0.717) is 5.95 Å². The second kappa shape index (κ2) is 7.62. The van der Waals surface area contributed by atoms with Crippen LogP contribution < -0.4 is 10.6 Å². The second-order valence-corrected chi connectivity index (χ2v) is 7.14. The molecule has 146 valence electrons. The molecule has 1 atom stereocenters. The predicted molar refractivity (Wildman–Crippen MR) is 113 cm³/mol. The lowest BCUT2D eigenvalue weighted by Gasteiger charge is -2.24. The van der Waals surface area contributed by atoms with Gasteiger partial charge in [-0.25, -0.2) is 15.0 Å². The lowest BCUT2D eigenvalue weighted by molar-refractivity contribution is 0.0277. The maximum atomic E-state index is 5.80. The van der Waals surface area contributed by atoms with Crippen molar-refractivity contribution in [2.45, 2.75) is 6.10 Å². The molecule has 1 unspecified atom stereocenters. The Morgan fingerprint density at radius 2 is 2.00 bits per heavy atom. The van der Waals surface area contributed by atoms with Crippen molar-refractivity contribution in [3.8, 4) is 11.3 Å². The first-order valence-electron chi connectivity index (χ1n) is 9.70. The molecule has 3 heterocycles. The summed E-state index contributed by atoms with van der Waals surface area (Å²) in [7, 11) is 1.99. The molecule has 0 amide bonds. The Kier molecular flexibility index (Phi) is 4.67. The van der Waals surface area contributed by atoms with Crippen LogP contribution in [0.25, 0.3) is 22.3 Å². The third-order valence-electron chi connectivity index (χ3n) is 5.14. The highest BCUT2D eigenvalue weighted by atomic mass is 16.5. The highest BCUT2D eigenvalue weighted by molar-refractivity contribution is 5.81. The minimum atomic E-state index is 0.110. The highest BCUT2D eigenvalue weighted by Crippen LogP contribution is 2.25. The van der Waals surface area contributed by atoms with Crippen molar-refractivity contribution in [3.05, 3.63) is 66.6 Å². The van der Waals surface area contributed by atoms with Gasteiger partial charge in [-0.05, 0) is 35.9 Å². The Balaban J connectivity index is 1.35. The van der Waals surface area contributed by atoms with Crippen LogP contribution in [0.15, 0.2) is 61.1 Å². The normalized spacial score (nSPS) is 16.8.